The highest BCUT2D eigenvalue weighted by Crippen LogP contribution is 2.35. The highest BCUT2D eigenvalue weighted by Gasteiger charge is 2.22. The minimum Gasteiger partial charge on any atom is -0.396 e. The van der Waals surface area contributed by atoms with Gasteiger partial charge in [0.05, 0.1) is 6.04 Å². The van der Waals surface area contributed by atoms with Gasteiger partial charge in [0.2, 0.25) is 5.91 Å². The van der Waals surface area contributed by atoms with Crippen molar-refractivity contribution in [1.82, 2.24) is 10.2 Å². The molecule has 1 atom stereocenters. The Hall–Kier alpha value is -2.32. The first-order chi connectivity index (χ1) is 15.9. The molecule has 0 aliphatic rings. The van der Waals surface area contributed by atoms with Gasteiger partial charge in [-0.3, -0.25) is 9.69 Å². The molecule has 176 valence electrons. The van der Waals surface area contributed by atoms with E-state index in [0.29, 0.717) is 19.5 Å². The fourth-order valence-corrected chi connectivity index (χ4v) is 5.75. The molecule has 0 bridgehead atoms. The lowest BCUT2D eigenvalue weighted by atomic mass is 10.0. The van der Waals surface area contributed by atoms with Crippen LogP contribution in [0.3, 0.4) is 0 Å². The Labute approximate surface area is 203 Å². The first-order valence-corrected chi connectivity index (χ1v) is 12.8. The largest absolute Gasteiger partial charge is 0.396 e. The number of aliphatic hydroxyl groups is 1. The SMILES string of the molecule is Cc1ccsc1C(=CCCN(C)C(CCO)C(=O)NCc1ccc(F)cc1)c1sccc1C. The maximum absolute atomic E-state index is 13.1. The first-order valence-electron chi connectivity index (χ1n) is 11.0. The summed E-state index contributed by atoms with van der Waals surface area (Å²) >= 11 is 3.50. The van der Waals surface area contributed by atoms with Crippen molar-refractivity contribution in [1.29, 1.82) is 0 Å². The van der Waals surface area contributed by atoms with Crippen LogP contribution in [0.25, 0.3) is 5.57 Å². The zero-order valence-corrected chi connectivity index (χ0v) is 20.9. The summed E-state index contributed by atoms with van der Waals surface area (Å²) in [5, 5.41) is 16.7. The highest BCUT2D eigenvalue weighted by atomic mass is 32.1. The third-order valence-electron chi connectivity index (χ3n) is 5.66. The summed E-state index contributed by atoms with van der Waals surface area (Å²) in [6.45, 7) is 5.22. The summed E-state index contributed by atoms with van der Waals surface area (Å²) in [7, 11) is 1.91. The third-order valence-corrected chi connectivity index (χ3v) is 7.76. The molecule has 0 radical (unpaired) electrons. The van der Waals surface area contributed by atoms with Crippen molar-refractivity contribution in [3.8, 4) is 0 Å². The van der Waals surface area contributed by atoms with Crippen molar-refractivity contribution in [2.24, 2.45) is 0 Å². The van der Waals surface area contributed by atoms with Crippen molar-refractivity contribution in [2.75, 3.05) is 20.2 Å². The second-order valence-corrected chi connectivity index (χ2v) is 9.96. The summed E-state index contributed by atoms with van der Waals surface area (Å²) < 4.78 is 13.1. The van der Waals surface area contributed by atoms with Gasteiger partial charge in [-0.25, -0.2) is 4.39 Å². The van der Waals surface area contributed by atoms with Crippen LogP contribution in [-0.4, -0.2) is 42.2 Å². The van der Waals surface area contributed by atoms with Gasteiger partial charge in [0, 0.05) is 35.0 Å². The van der Waals surface area contributed by atoms with Crippen molar-refractivity contribution >= 4 is 34.2 Å². The average molecular weight is 487 g/mol. The van der Waals surface area contributed by atoms with E-state index < -0.39 is 6.04 Å². The van der Waals surface area contributed by atoms with E-state index >= 15 is 0 Å². The van der Waals surface area contributed by atoms with Crippen LogP contribution in [0.2, 0.25) is 0 Å². The number of hydrogen-bond acceptors (Lipinski definition) is 5. The Morgan fingerprint density at radius 3 is 2.21 bits per heavy atom. The molecule has 1 amide bonds. The van der Waals surface area contributed by atoms with Crippen molar-refractivity contribution in [3.05, 3.63) is 85.5 Å². The van der Waals surface area contributed by atoms with E-state index in [4.69, 9.17) is 0 Å². The summed E-state index contributed by atoms with van der Waals surface area (Å²) in [6.07, 6.45) is 3.41. The molecule has 0 spiro atoms. The predicted molar refractivity (Wildman–Crippen MR) is 136 cm³/mol. The van der Waals surface area contributed by atoms with Crippen LogP contribution >= 0.6 is 22.7 Å². The minimum atomic E-state index is -0.431. The average Bonchev–Trinajstić information content (AvgIpc) is 3.42. The molecular weight excluding hydrogens is 455 g/mol. The Morgan fingerprint density at radius 2 is 1.70 bits per heavy atom. The van der Waals surface area contributed by atoms with Crippen molar-refractivity contribution in [2.45, 2.75) is 39.3 Å². The van der Waals surface area contributed by atoms with E-state index in [-0.39, 0.29) is 18.3 Å². The smallest absolute Gasteiger partial charge is 0.237 e. The molecule has 2 heterocycles. The topological polar surface area (TPSA) is 52.6 Å². The quantitative estimate of drug-likeness (QED) is 0.382. The monoisotopic (exact) mass is 486 g/mol. The van der Waals surface area contributed by atoms with Crippen LogP contribution in [0.4, 0.5) is 4.39 Å². The van der Waals surface area contributed by atoms with Gasteiger partial charge in [0.1, 0.15) is 5.82 Å². The number of carbonyl (C=O) groups is 1. The number of aryl methyl sites for hydroxylation is 2. The van der Waals surface area contributed by atoms with Crippen LogP contribution in [0.5, 0.6) is 0 Å². The first kappa shape index (κ1) is 25.3. The number of thiophene rings is 2. The molecule has 0 aliphatic heterocycles. The Balaban J connectivity index is 1.66. The number of aliphatic hydroxyl groups excluding tert-OH is 1. The molecular formula is C26H31FN2O2S2. The maximum atomic E-state index is 13.1. The van der Waals surface area contributed by atoms with E-state index in [1.807, 2.05) is 11.9 Å². The van der Waals surface area contributed by atoms with Gasteiger partial charge in [-0.15, -0.1) is 22.7 Å². The van der Waals surface area contributed by atoms with Gasteiger partial charge in [0.15, 0.2) is 0 Å². The Bertz CT molecular complexity index is 1030. The summed E-state index contributed by atoms with van der Waals surface area (Å²) in [5.74, 6) is -0.436. The number of halogens is 1. The molecule has 0 saturated heterocycles. The minimum absolute atomic E-state index is 0.0666. The number of likely N-dealkylation sites (N-methyl/N-ethyl adjacent to an activating group) is 1. The zero-order valence-electron chi connectivity index (χ0n) is 19.3. The van der Waals surface area contributed by atoms with Crippen LogP contribution in [0, 0.1) is 19.7 Å². The molecule has 0 aliphatic carbocycles. The molecule has 2 aromatic heterocycles. The lowest BCUT2D eigenvalue weighted by Crippen LogP contribution is -2.45. The molecule has 2 N–H and O–H groups in total. The molecule has 3 aromatic rings. The third kappa shape index (κ3) is 6.84. The zero-order chi connectivity index (χ0) is 23.8. The lowest BCUT2D eigenvalue weighted by Gasteiger charge is -2.26. The lowest BCUT2D eigenvalue weighted by molar-refractivity contribution is -0.126. The number of nitrogens with zero attached hydrogens (tertiary/aromatic N) is 1. The number of hydrogen-bond donors (Lipinski definition) is 2. The van der Waals surface area contributed by atoms with E-state index in [1.54, 1.807) is 34.8 Å². The molecule has 0 fully saturated rings. The fourth-order valence-electron chi connectivity index (χ4n) is 3.74. The van der Waals surface area contributed by atoms with E-state index in [2.05, 4.69) is 48.1 Å². The number of nitrogens with one attached hydrogen (secondary N) is 1. The van der Waals surface area contributed by atoms with Crippen LogP contribution < -0.4 is 5.32 Å². The van der Waals surface area contributed by atoms with E-state index in [9.17, 15) is 14.3 Å². The second kappa shape index (κ2) is 12.2. The molecule has 0 saturated carbocycles. The summed E-state index contributed by atoms with van der Waals surface area (Å²) in [6, 6.07) is 9.94. The van der Waals surface area contributed by atoms with Gasteiger partial charge in [-0.05, 0) is 85.5 Å². The molecule has 3 rings (SSSR count). The highest BCUT2D eigenvalue weighted by molar-refractivity contribution is 7.14. The van der Waals surface area contributed by atoms with E-state index in [0.717, 1.165) is 12.0 Å². The number of benzene rings is 1. The van der Waals surface area contributed by atoms with Gasteiger partial charge in [-0.1, -0.05) is 18.2 Å². The van der Waals surface area contributed by atoms with Gasteiger partial charge < -0.3 is 10.4 Å². The number of rotatable bonds is 11. The van der Waals surface area contributed by atoms with Crippen LogP contribution in [0.15, 0.2) is 53.2 Å². The molecule has 33 heavy (non-hydrogen) atoms. The maximum Gasteiger partial charge on any atom is 0.237 e. The van der Waals surface area contributed by atoms with Gasteiger partial charge in [-0.2, -0.15) is 0 Å². The number of carbonyl (C=O) groups excluding carboxylic acids is 1. The Morgan fingerprint density at radius 1 is 1.09 bits per heavy atom. The van der Waals surface area contributed by atoms with Crippen LogP contribution in [0.1, 0.15) is 39.3 Å². The van der Waals surface area contributed by atoms with Gasteiger partial charge in [0.25, 0.3) is 0 Å². The standard InChI is InChI=1S/C26H31FN2O2S2/c1-18-11-15-32-24(18)22(25-19(2)12-16-33-25)5-4-13-29(3)23(10-14-30)26(31)28-17-20-6-8-21(27)9-7-20/h5-9,11-12,15-16,23,30H,4,10,13-14,17H2,1-3H3,(H,28,31). The van der Waals surface area contributed by atoms with E-state index in [1.165, 1.54) is 38.6 Å². The van der Waals surface area contributed by atoms with Crippen molar-refractivity contribution in [3.63, 3.8) is 0 Å². The van der Waals surface area contributed by atoms with Crippen LogP contribution in [-0.2, 0) is 11.3 Å². The predicted octanol–water partition coefficient (Wildman–Crippen LogP) is 5.39. The summed E-state index contributed by atoms with van der Waals surface area (Å²) in [4.78, 5) is 17.4. The second-order valence-electron chi connectivity index (χ2n) is 8.12. The van der Waals surface area contributed by atoms with Gasteiger partial charge >= 0.3 is 0 Å². The summed E-state index contributed by atoms with van der Waals surface area (Å²) in [5.41, 5.74) is 4.62. The Kier molecular flexibility index (Phi) is 9.38. The molecule has 7 heteroatoms. The normalized spacial score (nSPS) is 12.1. The molecule has 1 aromatic carbocycles. The number of amides is 1. The molecule has 4 nitrogen and oxygen atoms in total. The fraction of sp³-hybridized carbons (Fsp3) is 0.346. The van der Waals surface area contributed by atoms with Crippen molar-refractivity contribution < 1.29 is 14.3 Å². The molecule has 1 unspecified atom stereocenters.